The van der Waals surface area contributed by atoms with Gasteiger partial charge in [-0.1, -0.05) is 6.92 Å². The molecule has 1 aromatic carbocycles. The van der Waals surface area contributed by atoms with Crippen molar-refractivity contribution in [2.24, 2.45) is 0 Å². The van der Waals surface area contributed by atoms with E-state index in [-0.39, 0.29) is 10.9 Å². The number of hydrogen-bond donors (Lipinski definition) is 1. The maximum atomic E-state index is 13.1. The number of nitro benzene ring substituents is 1. The molecular formula is C11H14FNO3S. The van der Waals surface area contributed by atoms with Crippen molar-refractivity contribution in [1.82, 2.24) is 0 Å². The van der Waals surface area contributed by atoms with Crippen molar-refractivity contribution < 1.29 is 14.4 Å². The molecule has 17 heavy (non-hydrogen) atoms. The Balaban J connectivity index is 2.74. The van der Waals surface area contributed by atoms with Gasteiger partial charge in [0.25, 0.3) is 5.69 Å². The fraction of sp³-hybridized carbons (Fsp3) is 0.455. The van der Waals surface area contributed by atoms with Gasteiger partial charge in [-0.2, -0.15) is 11.8 Å². The molecule has 1 rings (SSSR count). The molecule has 2 unspecified atom stereocenters. The Bertz CT molecular complexity index is 412. The standard InChI is InChI=1S/C11H14FNO3S/c1-7(14)8(2)17-6-9-3-10(12)5-11(4-9)13(15)16/h3-5,7-8,14H,6H2,1-2H3. The molecule has 4 nitrogen and oxygen atoms in total. The average Bonchev–Trinajstić information content (AvgIpc) is 2.24. The van der Waals surface area contributed by atoms with Gasteiger partial charge in [0.05, 0.1) is 17.1 Å². The van der Waals surface area contributed by atoms with Gasteiger partial charge in [0.15, 0.2) is 0 Å². The summed E-state index contributed by atoms with van der Waals surface area (Å²) < 4.78 is 13.1. The summed E-state index contributed by atoms with van der Waals surface area (Å²) in [5, 5.41) is 19.8. The molecule has 0 spiro atoms. The van der Waals surface area contributed by atoms with Crippen LogP contribution in [0.4, 0.5) is 10.1 Å². The van der Waals surface area contributed by atoms with E-state index >= 15 is 0 Å². The lowest BCUT2D eigenvalue weighted by atomic mass is 10.2. The maximum absolute atomic E-state index is 13.1. The zero-order chi connectivity index (χ0) is 13.0. The van der Waals surface area contributed by atoms with E-state index in [2.05, 4.69) is 0 Å². The summed E-state index contributed by atoms with van der Waals surface area (Å²) in [6.45, 7) is 3.52. The summed E-state index contributed by atoms with van der Waals surface area (Å²) in [5.74, 6) is -0.176. The minimum absolute atomic E-state index is 0.00248. The minimum atomic E-state index is -0.616. The summed E-state index contributed by atoms with van der Waals surface area (Å²) in [5.41, 5.74) is 0.305. The van der Waals surface area contributed by atoms with Crippen LogP contribution < -0.4 is 0 Å². The Morgan fingerprint density at radius 3 is 2.65 bits per heavy atom. The molecule has 0 radical (unpaired) electrons. The van der Waals surface area contributed by atoms with Crippen LogP contribution in [0.1, 0.15) is 19.4 Å². The van der Waals surface area contributed by atoms with E-state index in [1.165, 1.54) is 23.9 Å². The van der Waals surface area contributed by atoms with Crippen LogP contribution >= 0.6 is 11.8 Å². The highest BCUT2D eigenvalue weighted by atomic mass is 32.2. The van der Waals surface area contributed by atoms with Gasteiger partial charge in [-0.15, -0.1) is 0 Å². The number of benzene rings is 1. The van der Waals surface area contributed by atoms with Crippen LogP contribution in [0.3, 0.4) is 0 Å². The summed E-state index contributed by atoms with van der Waals surface area (Å²) in [6, 6.07) is 3.52. The minimum Gasteiger partial charge on any atom is -0.392 e. The zero-order valence-electron chi connectivity index (χ0n) is 9.59. The van der Waals surface area contributed by atoms with Crippen molar-refractivity contribution in [1.29, 1.82) is 0 Å². The van der Waals surface area contributed by atoms with Crippen molar-refractivity contribution in [3.05, 3.63) is 39.7 Å². The number of halogens is 1. The van der Waals surface area contributed by atoms with Gasteiger partial charge in [-0.3, -0.25) is 10.1 Å². The molecule has 0 aliphatic heterocycles. The lowest BCUT2D eigenvalue weighted by molar-refractivity contribution is -0.385. The molecule has 0 saturated carbocycles. The zero-order valence-corrected chi connectivity index (χ0v) is 10.4. The maximum Gasteiger partial charge on any atom is 0.272 e. The number of aliphatic hydroxyl groups is 1. The van der Waals surface area contributed by atoms with E-state index in [4.69, 9.17) is 0 Å². The molecule has 0 aliphatic rings. The summed E-state index contributed by atoms with van der Waals surface area (Å²) in [6.07, 6.45) is -0.469. The second kappa shape index (κ2) is 5.97. The Kier molecular flexibility index (Phi) is 4.89. The summed E-state index contributed by atoms with van der Waals surface area (Å²) in [4.78, 5) is 9.93. The normalized spacial score (nSPS) is 14.4. The van der Waals surface area contributed by atoms with Crippen LogP contribution in [-0.2, 0) is 5.75 Å². The number of nitrogens with zero attached hydrogens (tertiary/aromatic N) is 1. The number of nitro groups is 1. The van der Waals surface area contributed by atoms with Gasteiger partial charge in [0.2, 0.25) is 0 Å². The number of hydrogen-bond acceptors (Lipinski definition) is 4. The molecule has 0 aromatic heterocycles. The average molecular weight is 259 g/mol. The van der Waals surface area contributed by atoms with Crippen LogP contribution in [0, 0.1) is 15.9 Å². The molecule has 6 heteroatoms. The summed E-state index contributed by atoms with van der Waals surface area (Å²) in [7, 11) is 0. The van der Waals surface area contributed by atoms with E-state index in [9.17, 15) is 19.6 Å². The van der Waals surface area contributed by atoms with Crippen molar-refractivity contribution >= 4 is 17.4 Å². The number of non-ortho nitro benzene ring substituents is 1. The van der Waals surface area contributed by atoms with Crippen molar-refractivity contribution in [3.8, 4) is 0 Å². The second-order valence-corrected chi connectivity index (χ2v) is 5.20. The molecule has 0 saturated heterocycles. The first-order chi connectivity index (χ1) is 7.90. The van der Waals surface area contributed by atoms with Gasteiger partial charge in [0.1, 0.15) is 5.82 Å². The number of rotatable bonds is 5. The smallest absolute Gasteiger partial charge is 0.272 e. The fourth-order valence-electron chi connectivity index (χ4n) is 1.19. The first kappa shape index (κ1) is 13.9. The topological polar surface area (TPSA) is 63.4 Å². The highest BCUT2D eigenvalue weighted by Gasteiger charge is 2.13. The molecule has 94 valence electrons. The Hall–Kier alpha value is -1.14. The van der Waals surface area contributed by atoms with E-state index in [0.29, 0.717) is 11.3 Å². The third-order valence-electron chi connectivity index (χ3n) is 2.35. The van der Waals surface area contributed by atoms with Crippen LogP contribution in [0.25, 0.3) is 0 Å². The van der Waals surface area contributed by atoms with Crippen molar-refractivity contribution in [3.63, 3.8) is 0 Å². The van der Waals surface area contributed by atoms with Gasteiger partial charge < -0.3 is 5.11 Å². The third kappa shape index (κ3) is 4.32. The van der Waals surface area contributed by atoms with Crippen molar-refractivity contribution in [2.45, 2.75) is 31.0 Å². The highest BCUT2D eigenvalue weighted by Crippen LogP contribution is 2.23. The Morgan fingerprint density at radius 2 is 2.12 bits per heavy atom. The quantitative estimate of drug-likeness (QED) is 0.652. The summed E-state index contributed by atoms with van der Waals surface area (Å²) >= 11 is 1.43. The molecule has 0 heterocycles. The predicted octanol–water partition coefficient (Wildman–Crippen LogP) is 2.74. The lowest BCUT2D eigenvalue weighted by Crippen LogP contribution is -2.15. The van der Waals surface area contributed by atoms with Gasteiger partial charge in [0, 0.05) is 17.1 Å². The molecule has 0 fully saturated rings. The molecule has 0 bridgehead atoms. The lowest BCUT2D eigenvalue weighted by Gasteiger charge is -2.13. The van der Waals surface area contributed by atoms with E-state index in [0.717, 1.165) is 6.07 Å². The highest BCUT2D eigenvalue weighted by molar-refractivity contribution is 7.99. The van der Waals surface area contributed by atoms with Crippen LogP contribution in [-0.4, -0.2) is 21.4 Å². The Morgan fingerprint density at radius 1 is 1.47 bits per heavy atom. The van der Waals surface area contributed by atoms with Crippen LogP contribution in [0.15, 0.2) is 18.2 Å². The monoisotopic (exact) mass is 259 g/mol. The molecule has 1 N–H and O–H groups in total. The van der Waals surface area contributed by atoms with E-state index in [1.54, 1.807) is 6.92 Å². The third-order valence-corrected chi connectivity index (χ3v) is 3.77. The fourth-order valence-corrected chi connectivity index (χ4v) is 2.09. The molecule has 0 amide bonds. The number of aliphatic hydroxyl groups excluding tert-OH is 1. The molecule has 0 aliphatic carbocycles. The van der Waals surface area contributed by atoms with Crippen LogP contribution in [0.2, 0.25) is 0 Å². The first-order valence-electron chi connectivity index (χ1n) is 5.13. The van der Waals surface area contributed by atoms with E-state index in [1.807, 2.05) is 6.92 Å². The largest absolute Gasteiger partial charge is 0.392 e. The number of thioether (sulfide) groups is 1. The molecular weight excluding hydrogens is 245 g/mol. The SMILES string of the molecule is CC(O)C(C)SCc1cc(F)cc([N+](=O)[O-])c1. The van der Waals surface area contributed by atoms with Crippen molar-refractivity contribution in [2.75, 3.05) is 0 Å². The molecule has 1 aromatic rings. The molecule has 2 atom stereocenters. The predicted molar refractivity (Wildman–Crippen MR) is 65.5 cm³/mol. The van der Waals surface area contributed by atoms with Gasteiger partial charge in [-0.05, 0) is 18.6 Å². The van der Waals surface area contributed by atoms with Gasteiger partial charge in [-0.25, -0.2) is 4.39 Å². The van der Waals surface area contributed by atoms with E-state index < -0.39 is 16.8 Å². The second-order valence-electron chi connectivity index (χ2n) is 3.83. The Labute approximate surface area is 103 Å². The first-order valence-corrected chi connectivity index (χ1v) is 6.18. The van der Waals surface area contributed by atoms with Crippen LogP contribution in [0.5, 0.6) is 0 Å². The van der Waals surface area contributed by atoms with Gasteiger partial charge >= 0.3 is 0 Å².